The molecular formula is C16H20ClN5O3. The van der Waals surface area contributed by atoms with Crippen LogP contribution in [0.4, 0.5) is 0 Å². The highest BCUT2D eigenvalue weighted by atomic mass is 35.5. The second-order valence-corrected chi connectivity index (χ2v) is 6.48. The van der Waals surface area contributed by atoms with Gasteiger partial charge in [-0.25, -0.2) is 4.98 Å². The minimum atomic E-state index is -0.306. The lowest BCUT2D eigenvalue weighted by molar-refractivity contribution is -0.123. The highest BCUT2D eigenvalue weighted by Crippen LogP contribution is 2.38. The summed E-state index contributed by atoms with van der Waals surface area (Å²) in [6.07, 6.45) is 5.01. The summed E-state index contributed by atoms with van der Waals surface area (Å²) in [5, 5.41) is 19.2. The maximum atomic E-state index is 12.4. The first kappa shape index (κ1) is 17.6. The first-order valence-electron chi connectivity index (χ1n) is 8.08. The van der Waals surface area contributed by atoms with Crippen LogP contribution in [0.5, 0.6) is 5.75 Å². The van der Waals surface area contributed by atoms with Crippen LogP contribution in [0.3, 0.4) is 0 Å². The molecule has 134 valence electrons. The molecule has 25 heavy (non-hydrogen) atoms. The molecule has 1 aliphatic carbocycles. The third kappa shape index (κ3) is 4.46. The maximum absolute atomic E-state index is 12.4. The van der Waals surface area contributed by atoms with Crippen LogP contribution in [0.2, 0.25) is 5.28 Å². The summed E-state index contributed by atoms with van der Waals surface area (Å²) < 4.78 is 5.21. The first-order chi connectivity index (χ1) is 12.0. The molecule has 0 bridgehead atoms. The number of pyridine rings is 1. The molecule has 0 aromatic carbocycles. The SMILES string of the molecule is COc1cncc(C(NC(=O)CCc2nc(Cl)n[nH]2)C2CC(O)C2)c1. The fraction of sp³-hybridized carbons (Fsp3) is 0.500. The van der Waals surface area contributed by atoms with Crippen LogP contribution in [0.25, 0.3) is 0 Å². The van der Waals surface area contributed by atoms with Crippen LogP contribution in [-0.4, -0.2) is 44.4 Å². The van der Waals surface area contributed by atoms with Gasteiger partial charge in [-0.1, -0.05) is 0 Å². The second kappa shape index (κ2) is 7.79. The monoisotopic (exact) mass is 365 g/mol. The van der Waals surface area contributed by atoms with E-state index in [-0.39, 0.29) is 35.7 Å². The molecule has 0 aliphatic heterocycles. The van der Waals surface area contributed by atoms with Gasteiger partial charge in [-0.2, -0.15) is 0 Å². The molecule has 2 aromatic rings. The van der Waals surface area contributed by atoms with Crippen LogP contribution in [0.1, 0.15) is 36.7 Å². The van der Waals surface area contributed by atoms with Crippen molar-refractivity contribution in [1.29, 1.82) is 0 Å². The summed E-state index contributed by atoms with van der Waals surface area (Å²) in [6, 6.07) is 1.65. The molecule has 2 heterocycles. The van der Waals surface area contributed by atoms with Gasteiger partial charge in [0.15, 0.2) is 0 Å². The lowest BCUT2D eigenvalue weighted by Gasteiger charge is -2.38. The molecule has 0 saturated heterocycles. The third-order valence-corrected chi connectivity index (χ3v) is 4.53. The number of carbonyl (C=O) groups excluding carboxylic acids is 1. The number of aromatic nitrogens is 4. The summed E-state index contributed by atoms with van der Waals surface area (Å²) in [7, 11) is 1.57. The molecule has 9 heteroatoms. The number of aliphatic hydroxyl groups is 1. The van der Waals surface area contributed by atoms with Gasteiger partial charge in [0.05, 0.1) is 25.5 Å². The summed E-state index contributed by atoms with van der Waals surface area (Å²) in [5.41, 5.74) is 0.868. The lowest BCUT2D eigenvalue weighted by Crippen LogP contribution is -2.41. The second-order valence-electron chi connectivity index (χ2n) is 6.14. The number of aromatic amines is 1. The van der Waals surface area contributed by atoms with Crippen LogP contribution in [0, 0.1) is 5.92 Å². The van der Waals surface area contributed by atoms with Gasteiger partial charge in [-0.3, -0.25) is 14.9 Å². The van der Waals surface area contributed by atoms with Crippen molar-refractivity contribution in [3.05, 3.63) is 35.1 Å². The van der Waals surface area contributed by atoms with E-state index in [1.807, 2.05) is 6.07 Å². The Morgan fingerprint density at radius 3 is 2.96 bits per heavy atom. The number of aliphatic hydroxyl groups excluding tert-OH is 1. The van der Waals surface area contributed by atoms with E-state index in [0.717, 1.165) is 5.56 Å². The quantitative estimate of drug-likeness (QED) is 0.684. The average Bonchev–Trinajstić information content (AvgIpc) is 3.01. The van der Waals surface area contributed by atoms with Crippen LogP contribution >= 0.6 is 11.6 Å². The predicted molar refractivity (Wildman–Crippen MR) is 90.1 cm³/mol. The number of halogens is 1. The van der Waals surface area contributed by atoms with E-state index in [2.05, 4.69) is 25.5 Å². The molecule has 0 radical (unpaired) electrons. The number of rotatable bonds is 7. The Labute approximate surface area is 150 Å². The Balaban J connectivity index is 1.65. The zero-order chi connectivity index (χ0) is 17.8. The van der Waals surface area contributed by atoms with Crippen molar-refractivity contribution in [3.63, 3.8) is 0 Å². The Hall–Kier alpha value is -2.19. The number of methoxy groups -OCH3 is 1. The summed E-state index contributed by atoms with van der Waals surface area (Å²) in [5.74, 6) is 1.26. The van der Waals surface area contributed by atoms with E-state index < -0.39 is 0 Å². The standard InChI is InChI=1S/C16H20ClN5O3/c1-25-12-6-10(7-18-8-12)15(9-4-11(23)5-9)20-14(24)3-2-13-19-16(17)22-21-13/h6-9,11,15,23H,2-5H2,1H3,(H,20,24)(H,19,21,22). The maximum Gasteiger partial charge on any atom is 0.242 e. The summed E-state index contributed by atoms with van der Waals surface area (Å²) >= 11 is 5.65. The molecule has 1 fully saturated rings. The zero-order valence-electron chi connectivity index (χ0n) is 13.8. The van der Waals surface area contributed by atoms with Crippen LogP contribution in [0.15, 0.2) is 18.5 Å². The van der Waals surface area contributed by atoms with Gasteiger partial charge >= 0.3 is 0 Å². The molecule has 1 aliphatic rings. The van der Waals surface area contributed by atoms with E-state index in [4.69, 9.17) is 16.3 Å². The highest BCUT2D eigenvalue weighted by molar-refractivity contribution is 6.28. The molecule has 1 atom stereocenters. The van der Waals surface area contributed by atoms with E-state index in [1.165, 1.54) is 0 Å². The largest absolute Gasteiger partial charge is 0.495 e. The molecule has 2 aromatic heterocycles. The van der Waals surface area contributed by atoms with Crippen molar-refractivity contribution in [2.45, 2.75) is 37.8 Å². The molecule has 0 spiro atoms. The smallest absolute Gasteiger partial charge is 0.242 e. The lowest BCUT2D eigenvalue weighted by atomic mass is 9.75. The zero-order valence-corrected chi connectivity index (χ0v) is 14.5. The van der Waals surface area contributed by atoms with E-state index in [1.54, 1.807) is 19.5 Å². The van der Waals surface area contributed by atoms with Crippen molar-refractivity contribution in [2.24, 2.45) is 5.92 Å². The van der Waals surface area contributed by atoms with E-state index >= 15 is 0 Å². The van der Waals surface area contributed by atoms with Crippen LogP contribution < -0.4 is 10.1 Å². The van der Waals surface area contributed by atoms with Gasteiger partial charge in [0, 0.05) is 19.0 Å². The number of aryl methyl sites for hydroxylation is 1. The van der Waals surface area contributed by atoms with Gasteiger partial charge in [0.25, 0.3) is 0 Å². The molecule has 3 N–H and O–H groups in total. The van der Waals surface area contributed by atoms with Crippen molar-refractivity contribution in [2.75, 3.05) is 7.11 Å². The topological polar surface area (TPSA) is 113 Å². The predicted octanol–water partition coefficient (Wildman–Crippen LogP) is 1.42. The van der Waals surface area contributed by atoms with Gasteiger partial charge in [0.2, 0.25) is 11.2 Å². The molecule has 8 nitrogen and oxygen atoms in total. The Morgan fingerprint density at radius 2 is 2.32 bits per heavy atom. The number of ether oxygens (including phenoxy) is 1. The number of nitrogens with one attached hydrogen (secondary N) is 2. The minimum Gasteiger partial charge on any atom is -0.495 e. The van der Waals surface area contributed by atoms with Crippen LogP contribution in [-0.2, 0) is 11.2 Å². The van der Waals surface area contributed by atoms with Crippen molar-refractivity contribution >= 4 is 17.5 Å². The highest BCUT2D eigenvalue weighted by Gasteiger charge is 2.36. The van der Waals surface area contributed by atoms with Gasteiger partial charge in [0.1, 0.15) is 11.6 Å². The van der Waals surface area contributed by atoms with Gasteiger partial charge in [-0.15, -0.1) is 5.10 Å². The molecule has 1 unspecified atom stereocenters. The molecule has 3 rings (SSSR count). The van der Waals surface area contributed by atoms with Crippen molar-refractivity contribution < 1.29 is 14.6 Å². The molecular weight excluding hydrogens is 346 g/mol. The van der Waals surface area contributed by atoms with Gasteiger partial charge < -0.3 is 15.2 Å². The minimum absolute atomic E-state index is 0.110. The van der Waals surface area contributed by atoms with Crippen molar-refractivity contribution in [3.8, 4) is 5.75 Å². The Bertz CT molecular complexity index is 732. The number of nitrogens with zero attached hydrogens (tertiary/aromatic N) is 3. The molecule has 1 amide bonds. The number of carbonyl (C=O) groups is 1. The van der Waals surface area contributed by atoms with E-state index in [0.29, 0.717) is 30.8 Å². The average molecular weight is 366 g/mol. The Kier molecular flexibility index (Phi) is 5.50. The van der Waals surface area contributed by atoms with E-state index in [9.17, 15) is 9.90 Å². The van der Waals surface area contributed by atoms with Crippen molar-refractivity contribution in [1.82, 2.24) is 25.5 Å². The number of hydrogen-bond donors (Lipinski definition) is 3. The Morgan fingerprint density at radius 1 is 1.52 bits per heavy atom. The fourth-order valence-corrected chi connectivity index (χ4v) is 3.10. The summed E-state index contributed by atoms with van der Waals surface area (Å²) in [6.45, 7) is 0. The number of amides is 1. The number of H-pyrrole nitrogens is 1. The normalized spacial score (nSPS) is 20.6. The number of hydrogen-bond acceptors (Lipinski definition) is 6. The first-order valence-corrected chi connectivity index (χ1v) is 8.46. The van der Waals surface area contributed by atoms with Gasteiger partial charge in [-0.05, 0) is 42.0 Å². The third-order valence-electron chi connectivity index (χ3n) is 4.36. The molecule has 1 saturated carbocycles. The fourth-order valence-electron chi connectivity index (χ4n) is 2.95. The summed E-state index contributed by atoms with van der Waals surface area (Å²) in [4.78, 5) is 20.5.